The second-order valence-electron chi connectivity index (χ2n) is 17.1. The van der Waals surface area contributed by atoms with Crippen LogP contribution in [0.15, 0.2) is 0 Å². The topological polar surface area (TPSA) is 165 Å². The van der Waals surface area contributed by atoms with E-state index in [2.05, 4.69) is 0 Å². The molecule has 0 aromatic rings. The molecule has 8 saturated carbocycles. The SMILES string of the molecule is C.C1CCOC1.O=C1CCCC12CCCC2=O.OC1CCCC12CCC[C@H]2O.O[C@@H]1CCCC12CCC[C@H]2O.O[C@H]1CCCC12CCC[C@@H]2O.S. The van der Waals surface area contributed by atoms with E-state index in [1.54, 1.807) is 0 Å². The minimum Gasteiger partial charge on any atom is -0.392 e. The summed E-state index contributed by atoms with van der Waals surface area (Å²) in [6.45, 7) is 2.00. The average molecular weight is 743 g/mol. The number of carbonyl (C=O) groups excluding carboxylic acids is 2. The Morgan fingerprint density at radius 2 is 0.667 bits per heavy atom. The molecule has 1 saturated heterocycles. The molecule has 9 nitrogen and oxygen atoms in total. The highest BCUT2D eigenvalue weighted by Crippen LogP contribution is 2.52. The maximum atomic E-state index is 11.4. The molecule has 0 aromatic carbocycles. The van der Waals surface area contributed by atoms with Crippen molar-refractivity contribution >= 4 is 25.1 Å². The highest BCUT2D eigenvalue weighted by atomic mass is 32.1. The van der Waals surface area contributed by atoms with Crippen LogP contribution in [0.5, 0.6) is 0 Å². The maximum absolute atomic E-state index is 11.4. The van der Waals surface area contributed by atoms with Crippen molar-refractivity contribution in [2.45, 2.75) is 211 Å². The van der Waals surface area contributed by atoms with Crippen LogP contribution in [0.3, 0.4) is 0 Å². The van der Waals surface area contributed by atoms with Crippen LogP contribution in [0, 0.1) is 21.7 Å². The van der Waals surface area contributed by atoms with E-state index in [1.807, 2.05) is 0 Å². The smallest absolute Gasteiger partial charge is 0.146 e. The molecule has 6 N–H and O–H groups in total. The second kappa shape index (κ2) is 19.8. The van der Waals surface area contributed by atoms with Crippen molar-refractivity contribution in [1.29, 1.82) is 0 Å². The van der Waals surface area contributed by atoms with Gasteiger partial charge in [-0.15, -0.1) is 0 Å². The lowest BCUT2D eigenvalue weighted by Gasteiger charge is -2.31. The summed E-state index contributed by atoms with van der Waals surface area (Å²) < 4.78 is 4.94. The molecule has 0 radical (unpaired) electrons. The molecule has 1 heterocycles. The molecule has 8 aliphatic carbocycles. The molecule has 0 amide bonds. The number of carbonyl (C=O) groups is 2. The molecule has 4 spiro atoms. The summed E-state index contributed by atoms with van der Waals surface area (Å²) in [4.78, 5) is 22.8. The number of ketones is 2. The van der Waals surface area contributed by atoms with Gasteiger partial charge >= 0.3 is 0 Å². The zero-order chi connectivity index (χ0) is 35.1. The molecule has 9 rings (SSSR count). The predicted octanol–water partition coefficient (Wildman–Crippen LogP) is 6.21. The molecule has 9 aliphatic rings. The number of Topliss-reactive ketones (excluding diaryl/α,β-unsaturated/α-hetero) is 2. The molecule has 7 atom stereocenters. The van der Waals surface area contributed by atoms with E-state index < -0.39 is 5.41 Å². The summed E-state index contributed by atoms with van der Waals surface area (Å²) in [7, 11) is 0. The zero-order valence-corrected chi connectivity index (χ0v) is 31.7. The van der Waals surface area contributed by atoms with Crippen LogP contribution in [0.2, 0.25) is 0 Å². The molecule has 0 bridgehead atoms. The summed E-state index contributed by atoms with van der Waals surface area (Å²) in [5.74, 6) is 0.444. The lowest BCUT2D eigenvalue weighted by atomic mass is 9.80. The fourth-order valence-electron chi connectivity index (χ4n) is 11.4. The van der Waals surface area contributed by atoms with Gasteiger partial charge < -0.3 is 35.4 Å². The van der Waals surface area contributed by atoms with Gasteiger partial charge in [0.25, 0.3) is 0 Å². The van der Waals surface area contributed by atoms with Crippen LogP contribution in [0.4, 0.5) is 0 Å². The van der Waals surface area contributed by atoms with Crippen LogP contribution in [0.1, 0.15) is 174 Å². The van der Waals surface area contributed by atoms with Gasteiger partial charge in [0.15, 0.2) is 0 Å². The van der Waals surface area contributed by atoms with Crippen LogP contribution < -0.4 is 0 Å². The van der Waals surface area contributed by atoms with Crippen molar-refractivity contribution in [3.8, 4) is 0 Å². The van der Waals surface area contributed by atoms with Crippen molar-refractivity contribution in [2.75, 3.05) is 13.2 Å². The van der Waals surface area contributed by atoms with Crippen molar-refractivity contribution in [3.05, 3.63) is 0 Å². The van der Waals surface area contributed by atoms with Gasteiger partial charge in [-0.2, -0.15) is 13.5 Å². The van der Waals surface area contributed by atoms with Gasteiger partial charge in [-0.05, 0) is 116 Å². The first-order chi connectivity index (χ1) is 23.5. The molecule has 2 unspecified atom stereocenters. The molecule has 0 aromatic heterocycles. The number of rotatable bonds is 0. The minimum absolute atomic E-state index is 0. The van der Waals surface area contributed by atoms with Crippen molar-refractivity contribution < 1.29 is 45.0 Å². The molecule has 1 aliphatic heterocycles. The van der Waals surface area contributed by atoms with E-state index in [1.165, 1.54) is 12.8 Å². The zero-order valence-electron chi connectivity index (χ0n) is 30.7. The van der Waals surface area contributed by atoms with Crippen LogP contribution in [0.25, 0.3) is 0 Å². The Kier molecular flexibility index (Phi) is 17.4. The maximum Gasteiger partial charge on any atom is 0.146 e. The quantitative estimate of drug-likeness (QED) is 0.158. The summed E-state index contributed by atoms with van der Waals surface area (Å²) in [5.41, 5.74) is -0.722. The first kappa shape index (κ1) is 44.8. The van der Waals surface area contributed by atoms with Crippen LogP contribution >= 0.6 is 13.5 Å². The average Bonchev–Trinajstić information content (AvgIpc) is 3.93. The fourth-order valence-corrected chi connectivity index (χ4v) is 11.4. The number of hydrogen-bond acceptors (Lipinski definition) is 9. The lowest BCUT2D eigenvalue weighted by molar-refractivity contribution is -0.136. The summed E-state index contributed by atoms with van der Waals surface area (Å²) in [6, 6.07) is 0. The molecule has 10 heteroatoms. The third kappa shape index (κ3) is 9.45. The van der Waals surface area contributed by atoms with Gasteiger partial charge in [0.2, 0.25) is 0 Å². The van der Waals surface area contributed by atoms with Gasteiger partial charge in [-0.3, -0.25) is 9.59 Å². The first-order valence-corrected chi connectivity index (χ1v) is 20.3. The molecule has 51 heavy (non-hydrogen) atoms. The number of ether oxygens (including phenoxy) is 1. The number of aliphatic hydroxyl groups is 6. The number of hydrogen-bond donors (Lipinski definition) is 6. The normalized spacial score (nSPS) is 37.6. The highest BCUT2D eigenvalue weighted by Gasteiger charge is 2.52. The monoisotopic (exact) mass is 743 g/mol. The third-order valence-electron chi connectivity index (χ3n) is 14.6. The third-order valence-corrected chi connectivity index (χ3v) is 14.6. The van der Waals surface area contributed by atoms with Gasteiger partial charge in [-0.25, -0.2) is 0 Å². The van der Waals surface area contributed by atoms with Gasteiger partial charge in [-0.1, -0.05) is 46.0 Å². The summed E-state index contributed by atoms with van der Waals surface area (Å²) in [5, 5.41) is 58.1. The minimum atomic E-state index is -0.472. The van der Waals surface area contributed by atoms with Gasteiger partial charge in [0, 0.05) is 42.3 Å². The molecule has 298 valence electrons. The van der Waals surface area contributed by atoms with Gasteiger partial charge in [0.1, 0.15) is 11.6 Å². The van der Waals surface area contributed by atoms with Crippen molar-refractivity contribution in [1.82, 2.24) is 0 Å². The largest absolute Gasteiger partial charge is 0.392 e. The lowest BCUT2D eigenvalue weighted by Crippen LogP contribution is -2.37. The standard InChI is InChI=1S/3C9H16O2.C9H12O2.C4H8O.CH4.H2S/c4*10-7-3-1-5-9(7)6-2-4-8(9)11;1-2-4-5-3-1;;/h3*7-8,10-11H,1-6H2;1-6H2;1-4H2;1H4;1H2/t7-,8?,9?;2*7-,8-,9?;;;;/m110..../s1. The van der Waals surface area contributed by atoms with Crippen molar-refractivity contribution in [3.63, 3.8) is 0 Å². The van der Waals surface area contributed by atoms with E-state index in [4.69, 9.17) is 4.74 Å². The van der Waals surface area contributed by atoms with Gasteiger partial charge in [0.05, 0.1) is 42.0 Å². The van der Waals surface area contributed by atoms with E-state index in [-0.39, 0.29) is 85.4 Å². The Balaban J connectivity index is 0.000000173. The molecular weight excluding hydrogens is 669 g/mol. The Morgan fingerprint density at radius 3 is 0.804 bits per heavy atom. The Labute approximate surface area is 315 Å². The highest BCUT2D eigenvalue weighted by molar-refractivity contribution is 7.59. The molecule has 9 fully saturated rings. The summed E-state index contributed by atoms with van der Waals surface area (Å²) in [6.07, 6.45) is 24.3. The van der Waals surface area contributed by atoms with E-state index in [0.29, 0.717) is 12.8 Å². The van der Waals surface area contributed by atoms with Crippen LogP contribution in [-0.2, 0) is 14.3 Å². The Hall–Kier alpha value is -0.590. The fraction of sp³-hybridized carbons (Fsp3) is 0.951. The van der Waals surface area contributed by atoms with Crippen molar-refractivity contribution in [2.24, 2.45) is 21.7 Å². The first-order valence-electron chi connectivity index (χ1n) is 20.3. The summed E-state index contributed by atoms with van der Waals surface area (Å²) >= 11 is 0. The second-order valence-corrected chi connectivity index (χ2v) is 17.1. The Morgan fingerprint density at radius 1 is 0.412 bits per heavy atom. The van der Waals surface area contributed by atoms with E-state index in [9.17, 15) is 40.2 Å². The Bertz CT molecular complexity index is 908. The van der Waals surface area contributed by atoms with E-state index in [0.717, 1.165) is 154 Å². The number of aliphatic hydroxyl groups excluding tert-OH is 6. The predicted molar refractivity (Wildman–Crippen MR) is 204 cm³/mol. The van der Waals surface area contributed by atoms with E-state index >= 15 is 0 Å². The molecular formula is C41H74O9S. The van der Waals surface area contributed by atoms with Crippen LogP contribution in [-0.4, -0.2) is 92.0 Å².